The number of rotatable bonds is 4. The number of carbonyl (C=O) groups excluding carboxylic acids is 1. The Kier molecular flexibility index (Phi) is 4.32. The Morgan fingerprint density at radius 1 is 1.20 bits per heavy atom. The van der Waals surface area contributed by atoms with E-state index in [1.54, 1.807) is 24.3 Å². The van der Waals surface area contributed by atoms with E-state index in [1.807, 2.05) is 11.8 Å². The van der Waals surface area contributed by atoms with E-state index in [9.17, 15) is 13.2 Å². The van der Waals surface area contributed by atoms with Crippen LogP contribution in [0.15, 0.2) is 29.2 Å². The molecule has 1 saturated heterocycles. The number of likely N-dealkylation sites (tertiary alicyclic amines) is 1. The molecule has 0 bridgehead atoms. The van der Waals surface area contributed by atoms with Crippen LogP contribution in [-0.2, 0) is 14.6 Å². The Morgan fingerprint density at radius 2 is 1.75 bits per heavy atom. The Morgan fingerprint density at radius 3 is 2.25 bits per heavy atom. The molecular weight excluding hydrogens is 276 g/mol. The minimum absolute atomic E-state index is 0.0923. The molecule has 1 aliphatic heterocycles. The van der Waals surface area contributed by atoms with Gasteiger partial charge in [-0.25, -0.2) is 8.42 Å². The van der Waals surface area contributed by atoms with Crippen LogP contribution in [0, 0.1) is 0 Å². The Labute approximate surface area is 119 Å². The lowest BCUT2D eigenvalue weighted by atomic mass is 10.2. The molecule has 0 aliphatic carbocycles. The molecule has 1 fully saturated rings. The first kappa shape index (κ1) is 14.8. The number of hydrogen-bond donors (Lipinski definition) is 1. The molecule has 0 radical (unpaired) electrons. The van der Waals surface area contributed by atoms with E-state index in [1.165, 1.54) is 6.26 Å². The molecule has 1 aromatic carbocycles. The van der Waals surface area contributed by atoms with E-state index < -0.39 is 9.84 Å². The standard InChI is InChI=1S/C14H20N2O3S/c1-11(14(17)16-9-3-4-10-16)15-12-5-7-13(8-6-12)20(2,18)19/h5-8,11,15H,3-4,9-10H2,1-2H3. The fourth-order valence-corrected chi connectivity index (χ4v) is 2.95. The summed E-state index contributed by atoms with van der Waals surface area (Å²) in [5, 5.41) is 3.11. The molecule has 1 amide bonds. The predicted molar refractivity (Wildman–Crippen MR) is 78.5 cm³/mol. The van der Waals surface area contributed by atoms with E-state index >= 15 is 0 Å². The van der Waals surface area contributed by atoms with E-state index in [-0.39, 0.29) is 16.8 Å². The molecule has 5 nitrogen and oxygen atoms in total. The van der Waals surface area contributed by atoms with Crippen LogP contribution in [0.4, 0.5) is 5.69 Å². The van der Waals surface area contributed by atoms with Crippen molar-refractivity contribution in [3.05, 3.63) is 24.3 Å². The summed E-state index contributed by atoms with van der Waals surface area (Å²) in [5.74, 6) is 0.0923. The summed E-state index contributed by atoms with van der Waals surface area (Å²) in [5.41, 5.74) is 0.748. The Bertz CT molecular complexity index is 575. The quantitative estimate of drug-likeness (QED) is 0.914. The van der Waals surface area contributed by atoms with Crippen molar-refractivity contribution in [1.29, 1.82) is 0 Å². The number of nitrogens with zero attached hydrogens (tertiary/aromatic N) is 1. The van der Waals surface area contributed by atoms with E-state index in [0.717, 1.165) is 31.6 Å². The maximum Gasteiger partial charge on any atom is 0.244 e. The number of hydrogen-bond acceptors (Lipinski definition) is 4. The predicted octanol–water partition coefficient (Wildman–Crippen LogP) is 1.51. The molecule has 1 unspecified atom stereocenters. The molecule has 2 rings (SSSR count). The molecule has 0 aromatic heterocycles. The van der Waals surface area contributed by atoms with Crippen molar-refractivity contribution in [2.24, 2.45) is 0 Å². The summed E-state index contributed by atoms with van der Waals surface area (Å²) in [6.45, 7) is 3.49. The Hall–Kier alpha value is -1.56. The first-order chi connectivity index (χ1) is 9.38. The molecule has 0 saturated carbocycles. The molecule has 1 atom stereocenters. The van der Waals surface area contributed by atoms with Gasteiger partial charge in [0.2, 0.25) is 5.91 Å². The number of benzene rings is 1. The summed E-state index contributed by atoms with van der Waals surface area (Å²) < 4.78 is 22.7. The fraction of sp³-hybridized carbons (Fsp3) is 0.500. The SMILES string of the molecule is CC(Nc1ccc(S(C)(=O)=O)cc1)C(=O)N1CCCC1. The summed E-state index contributed by atoms with van der Waals surface area (Å²) in [4.78, 5) is 14.3. The first-order valence-corrected chi connectivity index (χ1v) is 8.62. The van der Waals surface area contributed by atoms with Crippen molar-refractivity contribution in [3.63, 3.8) is 0 Å². The van der Waals surface area contributed by atoms with Gasteiger partial charge < -0.3 is 10.2 Å². The zero-order valence-corrected chi connectivity index (χ0v) is 12.6. The molecule has 20 heavy (non-hydrogen) atoms. The molecule has 1 N–H and O–H groups in total. The van der Waals surface area contributed by atoms with E-state index in [0.29, 0.717) is 0 Å². The number of amides is 1. The van der Waals surface area contributed by atoms with Gasteiger partial charge in [-0.05, 0) is 44.0 Å². The molecule has 1 heterocycles. The highest BCUT2D eigenvalue weighted by Crippen LogP contribution is 2.16. The topological polar surface area (TPSA) is 66.5 Å². The minimum atomic E-state index is -3.18. The summed E-state index contributed by atoms with van der Waals surface area (Å²) >= 11 is 0. The van der Waals surface area contributed by atoms with Crippen molar-refractivity contribution in [2.75, 3.05) is 24.7 Å². The number of sulfone groups is 1. The highest BCUT2D eigenvalue weighted by molar-refractivity contribution is 7.90. The average molecular weight is 296 g/mol. The van der Waals surface area contributed by atoms with E-state index in [4.69, 9.17) is 0 Å². The van der Waals surface area contributed by atoms with Crippen LogP contribution in [0.3, 0.4) is 0 Å². The summed E-state index contributed by atoms with van der Waals surface area (Å²) in [7, 11) is -3.18. The van der Waals surface area contributed by atoms with Gasteiger partial charge in [0.05, 0.1) is 4.90 Å². The normalized spacial score (nSPS) is 17.0. The maximum absolute atomic E-state index is 12.1. The summed E-state index contributed by atoms with van der Waals surface area (Å²) in [6, 6.07) is 6.15. The van der Waals surface area contributed by atoms with Crippen LogP contribution in [0.5, 0.6) is 0 Å². The van der Waals surface area contributed by atoms with Gasteiger partial charge >= 0.3 is 0 Å². The smallest absolute Gasteiger partial charge is 0.244 e. The molecule has 1 aliphatic rings. The van der Waals surface area contributed by atoms with Crippen LogP contribution in [0.25, 0.3) is 0 Å². The van der Waals surface area contributed by atoms with Crippen molar-refractivity contribution in [2.45, 2.75) is 30.7 Å². The van der Waals surface area contributed by atoms with Gasteiger partial charge in [0.1, 0.15) is 6.04 Å². The van der Waals surface area contributed by atoms with Gasteiger partial charge in [-0.3, -0.25) is 4.79 Å². The third kappa shape index (κ3) is 3.50. The van der Waals surface area contributed by atoms with E-state index in [2.05, 4.69) is 5.32 Å². The maximum atomic E-state index is 12.1. The zero-order valence-electron chi connectivity index (χ0n) is 11.8. The summed E-state index contributed by atoms with van der Waals surface area (Å²) in [6.07, 6.45) is 3.32. The van der Waals surface area contributed by atoms with Crippen LogP contribution in [-0.4, -0.2) is 44.6 Å². The molecular formula is C14H20N2O3S. The van der Waals surface area contributed by atoms with Gasteiger partial charge in [0.15, 0.2) is 9.84 Å². The molecule has 1 aromatic rings. The molecule has 6 heteroatoms. The van der Waals surface area contributed by atoms with Gasteiger partial charge in [-0.1, -0.05) is 0 Å². The van der Waals surface area contributed by atoms with Crippen LogP contribution >= 0.6 is 0 Å². The largest absolute Gasteiger partial charge is 0.374 e. The minimum Gasteiger partial charge on any atom is -0.374 e. The first-order valence-electron chi connectivity index (χ1n) is 6.73. The lowest BCUT2D eigenvalue weighted by Crippen LogP contribution is -2.39. The highest BCUT2D eigenvalue weighted by atomic mass is 32.2. The monoisotopic (exact) mass is 296 g/mol. The number of nitrogens with one attached hydrogen (secondary N) is 1. The number of anilines is 1. The zero-order chi connectivity index (χ0) is 14.8. The van der Waals surface area contributed by atoms with Crippen LogP contribution < -0.4 is 5.32 Å². The highest BCUT2D eigenvalue weighted by Gasteiger charge is 2.23. The van der Waals surface area contributed by atoms with Crippen molar-refractivity contribution >= 4 is 21.4 Å². The van der Waals surface area contributed by atoms with Gasteiger partial charge in [0, 0.05) is 25.0 Å². The van der Waals surface area contributed by atoms with Crippen molar-refractivity contribution in [3.8, 4) is 0 Å². The van der Waals surface area contributed by atoms with Crippen LogP contribution in [0.1, 0.15) is 19.8 Å². The fourth-order valence-electron chi connectivity index (χ4n) is 2.32. The third-order valence-electron chi connectivity index (χ3n) is 3.45. The third-order valence-corrected chi connectivity index (χ3v) is 4.58. The number of carbonyl (C=O) groups is 1. The van der Waals surface area contributed by atoms with Crippen molar-refractivity contribution < 1.29 is 13.2 Å². The second kappa shape index (κ2) is 5.83. The Balaban J connectivity index is 2.00. The lowest BCUT2D eigenvalue weighted by molar-refractivity contribution is -0.130. The van der Waals surface area contributed by atoms with Crippen molar-refractivity contribution in [1.82, 2.24) is 4.90 Å². The van der Waals surface area contributed by atoms with Gasteiger partial charge in [0.25, 0.3) is 0 Å². The van der Waals surface area contributed by atoms with Crippen LogP contribution in [0.2, 0.25) is 0 Å². The van der Waals surface area contributed by atoms with Gasteiger partial charge in [-0.2, -0.15) is 0 Å². The average Bonchev–Trinajstić information content (AvgIpc) is 2.91. The lowest BCUT2D eigenvalue weighted by Gasteiger charge is -2.21. The second-order valence-electron chi connectivity index (χ2n) is 5.19. The van der Waals surface area contributed by atoms with Gasteiger partial charge in [-0.15, -0.1) is 0 Å². The molecule has 110 valence electrons. The second-order valence-corrected chi connectivity index (χ2v) is 7.21. The molecule has 0 spiro atoms.